The number of rotatable bonds is 8. The molecule has 0 saturated heterocycles. The molecule has 6 aromatic rings. The van der Waals surface area contributed by atoms with Crippen LogP contribution < -0.4 is 11.3 Å². The van der Waals surface area contributed by atoms with Crippen LogP contribution in [0.2, 0.25) is 0 Å². The average Bonchev–Trinajstić information content (AvgIpc) is 3.71. The highest BCUT2D eigenvalue weighted by molar-refractivity contribution is 8.93. The first kappa shape index (κ1) is 38.8. The minimum Gasteiger partial charge on any atom is -0.505 e. The molecule has 12 nitrogen and oxygen atoms in total. The van der Waals surface area contributed by atoms with Crippen LogP contribution in [0, 0.1) is 6.92 Å². The molecule has 1 aliphatic carbocycles. The van der Waals surface area contributed by atoms with Gasteiger partial charge in [-0.1, -0.05) is 61.5 Å². The van der Waals surface area contributed by atoms with Crippen LogP contribution in [0.15, 0.2) is 118 Å². The molecule has 1 aromatic heterocycles. The Hall–Kier alpha value is -6.47. The highest BCUT2D eigenvalue weighted by Gasteiger charge is 2.22. The number of phenolic OH excluding ortho intramolecular Hbond substituents is 2. The van der Waals surface area contributed by atoms with E-state index >= 15 is 0 Å². The zero-order valence-electron chi connectivity index (χ0n) is 29.4. The number of aromatic nitrogens is 2. The summed E-state index contributed by atoms with van der Waals surface area (Å²) in [5.74, 6) is -1.73. The van der Waals surface area contributed by atoms with Crippen LogP contribution in [-0.4, -0.2) is 42.1 Å². The number of benzene rings is 5. The van der Waals surface area contributed by atoms with Gasteiger partial charge in [0.25, 0.3) is 5.56 Å². The third-order valence-electron chi connectivity index (χ3n) is 9.30. The Labute approximate surface area is 320 Å². The number of nitrogens with one attached hydrogen (secondary N) is 1. The molecule has 13 heteroatoms. The number of azo groups is 1. The summed E-state index contributed by atoms with van der Waals surface area (Å²) < 4.78 is 1.47. The van der Waals surface area contributed by atoms with Crippen molar-refractivity contribution in [2.75, 3.05) is 5.73 Å². The summed E-state index contributed by atoms with van der Waals surface area (Å²) in [4.78, 5) is 35.4. The number of nitrogen functional groups attached to an aromatic ring is 1. The van der Waals surface area contributed by atoms with Crippen LogP contribution in [0.5, 0.6) is 11.5 Å². The second kappa shape index (κ2) is 16.5. The topological polar surface area (TPSA) is 204 Å². The molecule has 1 heterocycles. The van der Waals surface area contributed by atoms with Crippen LogP contribution in [-0.2, 0) is 6.42 Å². The van der Waals surface area contributed by atoms with Gasteiger partial charge in [0.2, 0.25) is 0 Å². The van der Waals surface area contributed by atoms with Gasteiger partial charge >= 0.3 is 11.9 Å². The molecule has 1 aliphatic rings. The number of carbonyl (C=O) groups is 2. The van der Waals surface area contributed by atoms with Crippen LogP contribution in [0.3, 0.4) is 0 Å². The number of nitrogens with two attached hydrogens (primary N) is 1. The third kappa shape index (κ3) is 7.96. The maximum absolute atomic E-state index is 13.2. The number of aromatic hydroxyl groups is 2. The van der Waals surface area contributed by atoms with Crippen LogP contribution in [0.4, 0.5) is 17.1 Å². The average molecular weight is 793 g/mol. The van der Waals surface area contributed by atoms with E-state index in [-0.39, 0.29) is 62.2 Å². The lowest BCUT2D eigenvalue weighted by molar-refractivity contribution is 0.0686. The molecule has 0 aliphatic heterocycles. The molecule has 0 fully saturated rings. The number of phenols is 2. The Morgan fingerprint density at radius 2 is 1.41 bits per heavy atom. The van der Waals surface area contributed by atoms with Crippen molar-refractivity contribution in [2.24, 2.45) is 10.2 Å². The monoisotopic (exact) mass is 791 g/mol. The first-order valence-electron chi connectivity index (χ1n) is 16.9. The number of fused-ring (bicyclic) bond motifs is 1. The van der Waals surface area contributed by atoms with Crippen LogP contribution in [0.1, 0.15) is 63.2 Å². The minimum absolute atomic E-state index is 0. The molecule has 5 aromatic carbocycles. The highest BCUT2D eigenvalue weighted by atomic mass is 79.9. The fourth-order valence-electron chi connectivity index (χ4n) is 6.46. The zero-order valence-corrected chi connectivity index (χ0v) is 31.1. The summed E-state index contributed by atoms with van der Waals surface area (Å²) in [6.07, 6.45) is 3.27. The van der Waals surface area contributed by atoms with Crippen molar-refractivity contribution in [3.05, 3.63) is 141 Å². The zero-order chi connectivity index (χ0) is 37.8. The number of aromatic amines is 1. The lowest BCUT2D eigenvalue weighted by Gasteiger charge is -2.10. The molecule has 1 atom stereocenters. The number of hydrogen-bond donors (Lipinski definition) is 6. The van der Waals surface area contributed by atoms with E-state index in [1.54, 1.807) is 67.6 Å². The molecule has 0 saturated carbocycles. The number of halogens is 1. The summed E-state index contributed by atoms with van der Waals surface area (Å²) in [5.41, 5.74) is 12.2. The number of aryl methyl sites for hydroxylation is 2. The molecule has 0 radical (unpaired) electrons. The molecule has 0 amide bonds. The predicted molar refractivity (Wildman–Crippen MR) is 212 cm³/mol. The Morgan fingerprint density at radius 3 is 2.02 bits per heavy atom. The van der Waals surface area contributed by atoms with Crippen molar-refractivity contribution < 1.29 is 30.0 Å². The number of nitrogens with zero attached hydrogens (tertiary/aromatic N) is 3. The van der Waals surface area contributed by atoms with E-state index in [1.807, 2.05) is 6.07 Å². The molecule has 7 rings (SSSR count). The Morgan fingerprint density at radius 1 is 0.815 bits per heavy atom. The van der Waals surface area contributed by atoms with Gasteiger partial charge in [0.05, 0.1) is 28.2 Å². The van der Waals surface area contributed by atoms with E-state index < -0.39 is 11.9 Å². The lowest BCUT2D eigenvalue weighted by atomic mass is 9.98. The number of carboxylic acids is 2. The lowest BCUT2D eigenvalue weighted by Crippen LogP contribution is -2.14. The van der Waals surface area contributed by atoms with Crippen molar-refractivity contribution in [1.82, 2.24) is 9.78 Å². The van der Waals surface area contributed by atoms with Crippen LogP contribution >= 0.6 is 17.0 Å². The largest absolute Gasteiger partial charge is 0.505 e. The van der Waals surface area contributed by atoms with Gasteiger partial charge in [-0.3, -0.25) is 9.89 Å². The summed E-state index contributed by atoms with van der Waals surface area (Å²) in [6.45, 7) is 3.94. The van der Waals surface area contributed by atoms with E-state index in [9.17, 15) is 29.7 Å². The van der Waals surface area contributed by atoms with Crippen molar-refractivity contribution in [3.63, 3.8) is 0 Å². The van der Waals surface area contributed by atoms with E-state index in [4.69, 9.17) is 10.8 Å². The fraction of sp³-hybridized carbons (Fsp3) is 0.146. The minimum atomic E-state index is -1.06. The molecular formula is C41H38BrN5O7. The molecule has 276 valence electrons. The molecule has 0 bridgehead atoms. The van der Waals surface area contributed by atoms with Gasteiger partial charge in [-0.05, 0) is 103 Å². The summed E-state index contributed by atoms with van der Waals surface area (Å²) in [5, 5.41) is 50.2. The Kier molecular flexibility index (Phi) is 11.8. The Balaban J connectivity index is 0.000000262. The predicted octanol–water partition coefficient (Wildman–Crippen LogP) is 9.32. The number of carboxylic acid groups (broad SMARTS) is 2. The number of aromatic carboxylic acids is 2. The molecule has 1 unspecified atom stereocenters. The molecule has 7 N–H and O–H groups in total. The van der Waals surface area contributed by atoms with E-state index in [2.05, 4.69) is 34.4 Å². The van der Waals surface area contributed by atoms with Gasteiger partial charge in [0.15, 0.2) is 11.4 Å². The van der Waals surface area contributed by atoms with Gasteiger partial charge in [-0.2, -0.15) is 0 Å². The summed E-state index contributed by atoms with van der Waals surface area (Å²) >= 11 is 0. The SMILES string of the molecule is Br.CCC1CCc2ccc(-n3[nH]c(C)c(N=Nc4cccc(-c5cccc(C(=O)O)c5)c4O)c3=O)cc21.Nc1cccc(-c2cccc(C(=O)O)c2)c1O. The second-order valence-corrected chi connectivity index (χ2v) is 12.6. The normalized spacial score (nSPS) is 13.1. The van der Waals surface area contributed by atoms with Gasteiger partial charge in [-0.25, -0.2) is 14.3 Å². The number of anilines is 1. The summed E-state index contributed by atoms with van der Waals surface area (Å²) in [6, 6.07) is 28.6. The summed E-state index contributed by atoms with van der Waals surface area (Å²) in [7, 11) is 0. The van der Waals surface area contributed by atoms with Gasteiger partial charge in [0.1, 0.15) is 11.4 Å². The van der Waals surface area contributed by atoms with Crippen molar-refractivity contribution in [2.45, 2.75) is 39.0 Å². The number of hydrogen-bond acceptors (Lipinski definition) is 8. The molecule has 0 spiro atoms. The quantitative estimate of drug-likeness (QED) is 0.0497. The first-order valence-corrected chi connectivity index (χ1v) is 16.9. The van der Waals surface area contributed by atoms with Crippen molar-refractivity contribution >= 4 is 46.0 Å². The number of para-hydroxylation sites is 2. The van der Waals surface area contributed by atoms with E-state index in [0.29, 0.717) is 33.9 Å². The maximum atomic E-state index is 13.2. The fourth-order valence-corrected chi connectivity index (χ4v) is 6.46. The smallest absolute Gasteiger partial charge is 0.335 e. The Bertz CT molecular complexity index is 2450. The molecule has 54 heavy (non-hydrogen) atoms. The van der Waals surface area contributed by atoms with Gasteiger partial charge < -0.3 is 26.2 Å². The second-order valence-electron chi connectivity index (χ2n) is 12.6. The maximum Gasteiger partial charge on any atom is 0.335 e. The van der Waals surface area contributed by atoms with E-state index in [0.717, 1.165) is 24.9 Å². The van der Waals surface area contributed by atoms with Crippen molar-refractivity contribution in [3.8, 4) is 39.4 Å². The highest BCUT2D eigenvalue weighted by Crippen LogP contribution is 2.39. The van der Waals surface area contributed by atoms with Crippen molar-refractivity contribution in [1.29, 1.82) is 0 Å². The first-order chi connectivity index (χ1) is 25.5. The third-order valence-corrected chi connectivity index (χ3v) is 9.30. The van der Waals surface area contributed by atoms with Crippen LogP contribution in [0.25, 0.3) is 27.9 Å². The van der Waals surface area contributed by atoms with Gasteiger partial charge in [0, 0.05) is 11.1 Å². The number of H-pyrrole nitrogens is 1. The van der Waals surface area contributed by atoms with Gasteiger partial charge in [-0.15, -0.1) is 27.2 Å². The molecular weight excluding hydrogens is 754 g/mol. The van der Waals surface area contributed by atoms with E-state index in [1.165, 1.54) is 40.1 Å². The standard InChI is InChI=1S/C28H26N4O4.C13H11NO3.BrH/c1-3-17-10-11-18-12-13-21(15-23(17)18)32-27(34)25(16(2)31-32)30-29-24-9-5-8-22(26(24)33)19-6-4-7-20(14-19)28(35)36;14-11-6-2-5-10(12(11)15)8-3-1-4-9(7-8)13(16)17;/h4-9,12-15,17,31,33H,3,10-11H2,1-2H3,(H,35,36);1-7,15H,14H2,(H,16,17);1H.